The molecule has 0 bridgehead atoms. The van der Waals surface area contributed by atoms with Gasteiger partial charge < -0.3 is 10.1 Å². The Labute approximate surface area is 136 Å². The van der Waals surface area contributed by atoms with Gasteiger partial charge in [-0.2, -0.15) is 5.26 Å². The van der Waals surface area contributed by atoms with E-state index < -0.39 is 23.6 Å². The van der Waals surface area contributed by atoms with Crippen molar-refractivity contribution in [2.45, 2.75) is 13.0 Å². The van der Waals surface area contributed by atoms with Crippen LogP contribution in [0.15, 0.2) is 36.4 Å². The Morgan fingerprint density at radius 1 is 1.26 bits per heavy atom. The monoisotopic (exact) mass is 336 g/mol. The first kappa shape index (κ1) is 16.7. The highest BCUT2D eigenvalue weighted by atomic mass is 35.5. The van der Waals surface area contributed by atoms with E-state index in [1.165, 1.54) is 31.2 Å². The number of nitrogens with one attached hydrogen (secondary N) is 1. The zero-order valence-corrected chi connectivity index (χ0v) is 12.7. The SMILES string of the molecule is C[C@@H](Oc1ccc(F)c(F)c1)C(=O)Nc1ccc(C#N)c(Cl)c1. The van der Waals surface area contributed by atoms with Crippen molar-refractivity contribution in [3.63, 3.8) is 0 Å². The summed E-state index contributed by atoms with van der Waals surface area (Å²) in [5, 5.41) is 11.5. The molecule has 0 heterocycles. The maximum absolute atomic E-state index is 13.1. The van der Waals surface area contributed by atoms with Gasteiger partial charge in [0.2, 0.25) is 0 Å². The molecule has 0 aromatic heterocycles. The van der Waals surface area contributed by atoms with Crippen molar-refractivity contribution in [2.24, 2.45) is 0 Å². The smallest absolute Gasteiger partial charge is 0.265 e. The number of amides is 1. The van der Waals surface area contributed by atoms with Gasteiger partial charge in [-0.15, -0.1) is 0 Å². The molecular weight excluding hydrogens is 326 g/mol. The first-order valence-corrected chi connectivity index (χ1v) is 6.90. The summed E-state index contributed by atoms with van der Waals surface area (Å²) in [4.78, 5) is 12.0. The fourth-order valence-corrected chi connectivity index (χ4v) is 1.96. The molecule has 0 radical (unpaired) electrons. The zero-order chi connectivity index (χ0) is 17.0. The van der Waals surface area contributed by atoms with Crippen molar-refractivity contribution < 1.29 is 18.3 Å². The van der Waals surface area contributed by atoms with Crippen LogP contribution in [0.4, 0.5) is 14.5 Å². The minimum Gasteiger partial charge on any atom is -0.481 e. The second kappa shape index (κ2) is 7.07. The van der Waals surface area contributed by atoms with E-state index in [-0.39, 0.29) is 16.3 Å². The van der Waals surface area contributed by atoms with Crippen LogP contribution in [0.5, 0.6) is 5.75 Å². The molecular formula is C16H11ClF2N2O2. The van der Waals surface area contributed by atoms with E-state index in [0.717, 1.165) is 12.1 Å². The Bertz CT molecular complexity index is 790. The van der Waals surface area contributed by atoms with Crippen LogP contribution in [0.1, 0.15) is 12.5 Å². The lowest BCUT2D eigenvalue weighted by atomic mass is 10.2. The van der Waals surface area contributed by atoms with Crippen molar-refractivity contribution in [3.8, 4) is 11.8 Å². The summed E-state index contributed by atoms with van der Waals surface area (Å²) < 4.78 is 31.2. The van der Waals surface area contributed by atoms with Gasteiger partial charge in [-0.05, 0) is 37.3 Å². The third kappa shape index (κ3) is 4.18. The molecule has 0 saturated carbocycles. The second-order valence-corrected chi connectivity index (χ2v) is 5.04. The lowest BCUT2D eigenvalue weighted by Crippen LogP contribution is -2.30. The number of ether oxygens (including phenoxy) is 1. The van der Waals surface area contributed by atoms with E-state index in [1.54, 1.807) is 0 Å². The number of carbonyl (C=O) groups excluding carboxylic acids is 1. The van der Waals surface area contributed by atoms with Crippen LogP contribution >= 0.6 is 11.6 Å². The third-order valence-corrected chi connectivity index (χ3v) is 3.24. The van der Waals surface area contributed by atoms with Gasteiger partial charge in [0.05, 0.1) is 10.6 Å². The number of rotatable bonds is 4. The Morgan fingerprint density at radius 2 is 2.00 bits per heavy atom. The largest absolute Gasteiger partial charge is 0.481 e. The molecule has 0 spiro atoms. The predicted molar refractivity (Wildman–Crippen MR) is 81.2 cm³/mol. The summed E-state index contributed by atoms with van der Waals surface area (Å²) in [6.45, 7) is 1.46. The molecule has 23 heavy (non-hydrogen) atoms. The number of nitriles is 1. The Kier molecular flexibility index (Phi) is 5.14. The molecule has 0 saturated heterocycles. The second-order valence-electron chi connectivity index (χ2n) is 4.63. The predicted octanol–water partition coefficient (Wildman–Crippen LogP) is 3.90. The standard InChI is InChI=1S/C16H11ClF2N2O2/c1-9(23-12-4-5-14(18)15(19)7-12)16(22)21-11-3-2-10(8-20)13(17)6-11/h2-7,9H,1H3,(H,21,22)/t9-/m1/s1. The van der Waals surface area contributed by atoms with Gasteiger partial charge in [-0.1, -0.05) is 11.6 Å². The summed E-state index contributed by atoms with van der Waals surface area (Å²) in [7, 11) is 0. The first-order chi connectivity index (χ1) is 10.9. The van der Waals surface area contributed by atoms with E-state index in [0.29, 0.717) is 5.69 Å². The van der Waals surface area contributed by atoms with Crippen LogP contribution in [0.2, 0.25) is 5.02 Å². The lowest BCUT2D eigenvalue weighted by Gasteiger charge is -2.15. The molecule has 0 aliphatic carbocycles. The number of anilines is 1. The average Bonchev–Trinajstić information content (AvgIpc) is 2.51. The van der Waals surface area contributed by atoms with Crippen LogP contribution in [0.3, 0.4) is 0 Å². The van der Waals surface area contributed by atoms with Crippen molar-refractivity contribution in [3.05, 3.63) is 58.6 Å². The zero-order valence-electron chi connectivity index (χ0n) is 11.9. The Morgan fingerprint density at radius 3 is 2.61 bits per heavy atom. The summed E-state index contributed by atoms with van der Waals surface area (Å²) >= 11 is 5.87. The number of hydrogen-bond donors (Lipinski definition) is 1. The number of nitrogens with zero attached hydrogens (tertiary/aromatic N) is 1. The van der Waals surface area contributed by atoms with Crippen LogP contribution in [0.25, 0.3) is 0 Å². The van der Waals surface area contributed by atoms with E-state index >= 15 is 0 Å². The van der Waals surface area contributed by atoms with E-state index in [4.69, 9.17) is 21.6 Å². The van der Waals surface area contributed by atoms with Gasteiger partial charge in [0.15, 0.2) is 17.7 Å². The minimum atomic E-state index is -1.06. The highest BCUT2D eigenvalue weighted by Crippen LogP contribution is 2.21. The van der Waals surface area contributed by atoms with Gasteiger partial charge >= 0.3 is 0 Å². The highest BCUT2D eigenvalue weighted by Gasteiger charge is 2.16. The maximum Gasteiger partial charge on any atom is 0.265 e. The molecule has 118 valence electrons. The van der Waals surface area contributed by atoms with Crippen LogP contribution < -0.4 is 10.1 Å². The van der Waals surface area contributed by atoms with Gasteiger partial charge in [-0.25, -0.2) is 8.78 Å². The number of hydrogen-bond acceptors (Lipinski definition) is 3. The molecule has 1 N–H and O–H groups in total. The van der Waals surface area contributed by atoms with E-state index in [1.807, 2.05) is 6.07 Å². The molecule has 0 unspecified atom stereocenters. The van der Waals surface area contributed by atoms with E-state index in [2.05, 4.69) is 5.32 Å². The van der Waals surface area contributed by atoms with Gasteiger partial charge in [-0.3, -0.25) is 4.79 Å². The molecule has 2 aromatic rings. The minimum absolute atomic E-state index is 0.0319. The van der Waals surface area contributed by atoms with E-state index in [9.17, 15) is 13.6 Å². The fraction of sp³-hybridized carbons (Fsp3) is 0.125. The lowest BCUT2D eigenvalue weighted by molar-refractivity contribution is -0.122. The molecule has 0 fully saturated rings. The topological polar surface area (TPSA) is 62.1 Å². The summed E-state index contributed by atoms with van der Waals surface area (Å²) in [5.41, 5.74) is 0.676. The van der Waals surface area contributed by atoms with Gasteiger partial charge in [0.1, 0.15) is 11.8 Å². The van der Waals surface area contributed by atoms with Crippen LogP contribution in [0, 0.1) is 23.0 Å². The fourth-order valence-electron chi connectivity index (χ4n) is 1.74. The molecule has 1 amide bonds. The first-order valence-electron chi connectivity index (χ1n) is 6.53. The third-order valence-electron chi connectivity index (χ3n) is 2.93. The number of carbonyl (C=O) groups is 1. The highest BCUT2D eigenvalue weighted by molar-refractivity contribution is 6.32. The molecule has 2 rings (SSSR count). The Hall–Kier alpha value is -2.65. The van der Waals surface area contributed by atoms with Crippen LogP contribution in [-0.4, -0.2) is 12.0 Å². The van der Waals surface area contributed by atoms with Gasteiger partial charge in [0, 0.05) is 11.8 Å². The quantitative estimate of drug-likeness (QED) is 0.921. The number of halogens is 3. The summed E-state index contributed by atoms with van der Waals surface area (Å²) in [6, 6.07) is 9.32. The number of benzene rings is 2. The normalized spacial score (nSPS) is 11.4. The average molecular weight is 337 g/mol. The van der Waals surface area contributed by atoms with Crippen molar-refractivity contribution in [1.82, 2.24) is 0 Å². The molecule has 7 heteroatoms. The Balaban J connectivity index is 2.03. The van der Waals surface area contributed by atoms with Crippen LogP contribution in [-0.2, 0) is 4.79 Å². The van der Waals surface area contributed by atoms with Gasteiger partial charge in [0.25, 0.3) is 5.91 Å². The molecule has 2 aromatic carbocycles. The van der Waals surface area contributed by atoms with Crippen molar-refractivity contribution >= 4 is 23.2 Å². The summed E-state index contributed by atoms with van der Waals surface area (Å²) in [5.74, 6) is -2.53. The molecule has 4 nitrogen and oxygen atoms in total. The van der Waals surface area contributed by atoms with Crippen molar-refractivity contribution in [2.75, 3.05) is 5.32 Å². The maximum atomic E-state index is 13.1. The van der Waals surface area contributed by atoms with Crippen molar-refractivity contribution in [1.29, 1.82) is 5.26 Å². The molecule has 0 aliphatic heterocycles. The molecule has 1 atom stereocenters. The molecule has 0 aliphatic rings. The summed E-state index contributed by atoms with van der Waals surface area (Å²) in [6.07, 6.45) is -0.950.